The maximum Gasteiger partial charge on any atom is 0.343 e. The molecule has 0 spiro atoms. The van der Waals surface area contributed by atoms with E-state index in [1.54, 1.807) is 55.6 Å². The van der Waals surface area contributed by atoms with Gasteiger partial charge in [0.25, 0.3) is 5.91 Å². The number of hydrogen-bond acceptors (Lipinski definition) is 6. The van der Waals surface area contributed by atoms with E-state index in [1.165, 1.54) is 11.8 Å². The van der Waals surface area contributed by atoms with Crippen LogP contribution in [0.3, 0.4) is 0 Å². The molecule has 164 valence electrons. The van der Waals surface area contributed by atoms with Gasteiger partial charge in [-0.05, 0) is 66.1 Å². The molecule has 0 saturated heterocycles. The van der Waals surface area contributed by atoms with Crippen molar-refractivity contribution in [2.45, 2.75) is 13.3 Å². The minimum Gasteiger partial charge on any atom is -0.497 e. The minimum atomic E-state index is -0.487. The molecule has 7 nitrogen and oxygen atoms in total. The zero-order valence-electron chi connectivity index (χ0n) is 17.9. The highest BCUT2D eigenvalue weighted by Crippen LogP contribution is 2.17. The summed E-state index contributed by atoms with van der Waals surface area (Å²) in [5.41, 5.74) is 4.66. The quantitative estimate of drug-likeness (QED) is 0.239. The molecule has 0 saturated carbocycles. The van der Waals surface area contributed by atoms with Crippen molar-refractivity contribution in [3.05, 3.63) is 89.5 Å². The van der Waals surface area contributed by atoms with E-state index in [4.69, 9.17) is 14.2 Å². The molecule has 1 N–H and O–H groups in total. The van der Waals surface area contributed by atoms with Gasteiger partial charge in [0.1, 0.15) is 17.2 Å². The molecule has 0 aromatic heterocycles. The third kappa shape index (κ3) is 6.70. The van der Waals surface area contributed by atoms with E-state index in [0.717, 1.165) is 6.42 Å². The predicted octanol–water partition coefficient (Wildman–Crippen LogP) is 4.01. The number of benzene rings is 3. The molecule has 0 heterocycles. The Balaban J connectivity index is 1.49. The molecule has 3 aromatic rings. The van der Waals surface area contributed by atoms with Gasteiger partial charge in [0, 0.05) is 0 Å². The molecular formula is C25H24N2O5. The molecule has 1 amide bonds. The summed E-state index contributed by atoms with van der Waals surface area (Å²) in [4.78, 5) is 24.2. The number of aryl methyl sites for hydroxylation is 1. The van der Waals surface area contributed by atoms with Gasteiger partial charge in [0.05, 0.1) is 18.9 Å². The monoisotopic (exact) mass is 432 g/mol. The van der Waals surface area contributed by atoms with E-state index in [0.29, 0.717) is 28.4 Å². The third-order valence-electron chi connectivity index (χ3n) is 4.50. The first-order valence-corrected chi connectivity index (χ1v) is 10.1. The smallest absolute Gasteiger partial charge is 0.343 e. The molecule has 0 aliphatic carbocycles. The Morgan fingerprint density at radius 1 is 0.938 bits per heavy atom. The molecule has 32 heavy (non-hydrogen) atoms. The zero-order valence-corrected chi connectivity index (χ0v) is 17.9. The summed E-state index contributed by atoms with van der Waals surface area (Å²) in [6.45, 7) is 1.92. The average molecular weight is 432 g/mol. The van der Waals surface area contributed by atoms with Gasteiger partial charge < -0.3 is 14.2 Å². The lowest BCUT2D eigenvalue weighted by atomic mass is 10.2. The highest BCUT2D eigenvalue weighted by Gasteiger charge is 2.09. The second-order valence-corrected chi connectivity index (χ2v) is 6.77. The van der Waals surface area contributed by atoms with Crippen molar-refractivity contribution in [1.29, 1.82) is 0 Å². The number of hydrogen-bond donors (Lipinski definition) is 1. The number of carbonyl (C=O) groups excluding carboxylic acids is 2. The van der Waals surface area contributed by atoms with Crippen LogP contribution < -0.4 is 19.6 Å². The lowest BCUT2D eigenvalue weighted by Gasteiger charge is -2.06. The van der Waals surface area contributed by atoms with Crippen LogP contribution in [-0.2, 0) is 11.2 Å². The number of nitrogens with one attached hydrogen (secondary N) is 1. The number of esters is 1. The Morgan fingerprint density at radius 3 is 2.34 bits per heavy atom. The fourth-order valence-corrected chi connectivity index (χ4v) is 2.73. The normalized spacial score (nSPS) is 10.6. The van der Waals surface area contributed by atoms with Gasteiger partial charge in [0.15, 0.2) is 6.61 Å². The summed E-state index contributed by atoms with van der Waals surface area (Å²) < 4.78 is 15.9. The van der Waals surface area contributed by atoms with Gasteiger partial charge in [-0.15, -0.1) is 0 Å². The van der Waals surface area contributed by atoms with E-state index in [9.17, 15) is 9.59 Å². The number of hydrazone groups is 1. The second kappa shape index (κ2) is 11.3. The van der Waals surface area contributed by atoms with Crippen LogP contribution in [0, 0.1) is 0 Å². The van der Waals surface area contributed by atoms with Crippen LogP contribution in [0.15, 0.2) is 77.9 Å². The van der Waals surface area contributed by atoms with E-state index in [-0.39, 0.29) is 12.5 Å². The maximum absolute atomic E-state index is 12.3. The first kappa shape index (κ1) is 22.6. The van der Waals surface area contributed by atoms with Crippen molar-refractivity contribution >= 4 is 18.1 Å². The summed E-state index contributed by atoms with van der Waals surface area (Å²) >= 11 is 0. The van der Waals surface area contributed by atoms with Crippen molar-refractivity contribution in [1.82, 2.24) is 5.43 Å². The van der Waals surface area contributed by atoms with Crippen molar-refractivity contribution < 1.29 is 23.8 Å². The van der Waals surface area contributed by atoms with Crippen molar-refractivity contribution in [2.75, 3.05) is 13.7 Å². The Bertz CT molecular complexity index is 1080. The van der Waals surface area contributed by atoms with Crippen LogP contribution in [0.25, 0.3) is 0 Å². The predicted molar refractivity (Wildman–Crippen MR) is 121 cm³/mol. The number of nitrogens with zero attached hydrogens (tertiary/aromatic N) is 1. The van der Waals surface area contributed by atoms with Crippen LogP contribution in [0.4, 0.5) is 0 Å². The molecule has 3 aromatic carbocycles. The Hall–Kier alpha value is -4.13. The van der Waals surface area contributed by atoms with Crippen molar-refractivity contribution in [3.63, 3.8) is 0 Å². The fraction of sp³-hybridized carbons (Fsp3) is 0.160. The molecule has 3 rings (SSSR count). The Kier molecular flexibility index (Phi) is 7.97. The molecule has 0 radical (unpaired) electrons. The molecule has 0 fully saturated rings. The van der Waals surface area contributed by atoms with Crippen LogP contribution in [0.1, 0.15) is 28.4 Å². The summed E-state index contributed by atoms with van der Waals surface area (Å²) in [6, 6.07) is 21.0. The van der Waals surface area contributed by atoms with Crippen molar-refractivity contribution in [3.8, 4) is 17.2 Å². The highest BCUT2D eigenvalue weighted by molar-refractivity contribution is 5.91. The Morgan fingerprint density at radius 2 is 1.66 bits per heavy atom. The van der Waals surface area contributed by atoms with Gasteiger partial charge in [-0.3, -0.25) is 4.79 Å². The molecule has 0 atom stereocenters. The highest BCUT2D eigenvalue weighted by atomic mass is 16.5. The fourth-order valence-electron chi connectivity index (χ4n) is 2.73. The number of methoxy groups -OCH3 is 1. The zero-order chi connectivity index (χ0) is 22.8. The minimum absolute atomic E-state index is 0.150. The largest absolute Gasteiger partial charge is 0.497 e. The standard InChI is InChI=1S/C25H24N2O5/c1-3-18-7-11-22(12-8-18)31-17-24(28)27-26-16-19-5-4-6-23(15-19)32-25(29)20-9-13-21(30-2)14-10-20/h4-16H,3,17H2,1-2H3,(H,27,28)/b26-16+. The lowest BCUT2D eigenvalue weighted by Crippen LogP contribution is -2.24. The van der Waals surface area contributed by atoms with Crippen LogP contribution >= 0.6 is 0 Å². The summed E-state index contributed by atoms with van der Waals surface area (Å²) in [5.74, 6) is 0.760. The van der Waals surface area contributed by atoms with E-state index >= 15 is 0 Å². The van der Waals surface area contributed by atoms with Crippen molar-refractivity contribution in [2.24, 2.45) is 5.10 Å². The van der Waals surface area contributed by atoms with Crippen LogP contribution in [-0.4, -0.2) is 31.8 Å². The summed E-state index contributed by atoms with van der Waals surface area (Å²) in [6.07, 6.45) is 2.40. The van der Waals surface area contributed by atoms with Crippen LogP contribution in [0.5, 0.6) is 17.2 Å². The second-order valence-electron chi connectivity index (χ2n) is 6.77. The molecule has 0 aliphatic rings. The summed E-state index contributed by atoms with van der Waals surface area (Å²) in [7, 11) is 1.56. The first-order chi connectivity index (χ1) is 15.6. The number of amides is 1. The van der Waals surface area contributed by atoms with Gasteiger partial charge in [0.2, 0.25) is 0 Å². The summed E-state index contributed by atoms with van der Waals surface area (Å²) in [5, 5.41) is 3.92. The van der Waals surface area contributed by atoms with Crippen LogP contribution in [0.2, 0.25) is 0 Å². The molecule has 0 aliphatic heterocycles. The van der Waals surface area contributed by atoms with Gasteiger partial charge in [-0.2, -0.15) is 5.10 Å². The molecule has 0 bridgehead atoms. The number of carbonyl (C=O) groups is 2. The SMILES string of the molecule is CCc1ccc(OCC(=O)N/N=C/c2cccc(OC(=O)c3ccc(OC)cc3)c2)cc1. The topological polar surface area (TPSA) is 86.2 Å². The number of ether oxygens (including phenoxy) is 3. The Labute approximate surface area is 186 Å². The van der Waals surface area contributed by atoms with E-state index in [2.05, 4.69) is 17.5 Å². The van der Waals surface area contributed by atoms with Gasteiger partial charge >= 0.3 is 5.97 Å². The molecular weight excluding hydrogens is 408 g/mol. The maximum atomic E-state index is 12.3. The molecule has 0 unspecified atom stereocenters. The van der Waals surface area contributed by atoms with E-state index < -0.39 is 5.97 Å². The van der Waals surface area contributed by atoms with Gasteiger partial charge in [-0.1, -0.05) is 31.2 Å². The molecule has 7 heteroatoms. The first-order valence-electron chi connectivity index (χ1n) is 10.1. The van der Waals surface area contributed by atoms with Gasteiger partial charge in [-0.25, -0.2) is 10.2 Å². The van der Waals surface area contributed by atoms with E-state index in [1.807, 2.05) is 24.3 Å². The third-order valence-corrected chi connectivity index (χ3v) is 4.50. The lowest BCUT2D eigenvalue weighted by molar-refractivity contribution is -0.123. The number of rotatable bonds is 9. The average Bonchev–Trinajstić information content (AvgIpc) is 2.83.